The van der Waals surface area contributed by atoms with Crippen LogP contribution in [0.1, 0.15) is 59.3 Å². The molecule has 0 aromatic carbocycles. The number of alkyl halides is 1. The largest absolute Gasteiger partial charge is 0.444 e. The number of carbonyl (C=O) groups is 1. The normalized spacial score (nSPS) is 31.8. The van der Waals surface area contributed by atoms with Crippen molar-refractivity contribution in [2.45, 2.75) is 77.0 Å². The molecular formula is C15H26INO2. The van der Waals surface area contributed by atoms with Gasteiger partial charge >= 0.3 is 6.09 Å². The minimum atomic E-state index is -0.393. The van der Waals surface area contributed by atoms with E-state index >= 15 is 0 Å². The fourth-order valence-electron chi connectivity index (χ4n) is 3.48. The summed E-state index contributed by atoms with van der Waals surface area (Å²) in [6, 6.07) is 0.806. The van der Waals surface area contributed by atoms with Crippen molar-refractivity contribution in [2.24, 2.45) is 5.92 Å². The van der Waals surface area contributed by atoms with Gasteiger partial charge in [-0.15, -0.1) is 0 Å². The van der Waals surface area contributed by atoms with Crippen molar-refractivity contribution >= 4 is 28.7 Å². The summed E-state index contributed by atoms with van der Waals surface area (Å²) in [4.78, 5) is 14.6. The number of rotatable bonds is 1. The zero-order valence-electron chi connectivity index (χ0n) is 12.3. The van der Waals surface area contributed by atoms with Gasteiger partial charge in [0.25, 0.3) is 0 Å². The summed E-state index contributed by atoms with van der Waals surface area (Å²) in [5.41, 5.74) is -0.393. The Balaban J connectivity index is 2.12. The van der Waals surface area contributed by atoms with E-state index in [1.54, 1.807) is 0 Å². The van der Waals surface area contributed by atoms with Crippen LogP contribution in [0.15, 0.2) is 0 Å². The minimum absolute atomic E-state index is 0.0939. The van der Waals surface area contributed by atoms with E-state index in [9.17, 15) is 4.79 Å². The molecule has 2 aliphatic rings. The molecule has 1 amide bonds. The Morgan fingerprint density at radius 3 is 2.58 bits per heavy atom. The van der Waals surface area contributed by atoms with Gasteiger partial charge in [0.1, 0.15) is 5.60 Å². The molecular weight excluding hydrogens is 353 g/mol. The van der Waals surface area contributed by atoms with Gasteiger partial charge in [-0.25, -0.2) is 4.79 Å². The van der Waals surface area contributed by atoms with Crippen LogP contribution in [-0.2, 0) is 4.74 Å². The highest BCUT2D eigenvalue weighted by atomic mass is 127. The zero-order valence-corrected chi connectivity index (χ0v) is 14.5. The summed E-state index contributed by atoms with van der Waals surface area (Å²) in [5.74, 6) is 0.704. The maximum atomic E-state index is 12.5. The second kappa shape index (κ2) is 6.19. The molecule has 19 heavy (non-hydrogen) atoms. The predicted molar refractivity (Wildman–Crippen MR) is 85.7 cm³/mol. The van der Waals surface area contributed by atoms with Crippen molar-refractivity contribution in [3.63, 3.8) is 0 Å². The van der Waals surface area contributed by atoms with Crippen LogP contribution in [0, 0.1) is 5.92 Å². The molecule has 3 atom stereocenters. The minimum Gasteiger partial charge on any atom is -0.444 e. The highest BCUT2D eigenvalue weighted by molar-refractivity contribution is 14.1. The molecule has 1 aliphatic carbocycles. The smallest absolute Gasteiger partial charge is 0.410 e. The van der Waals surface area contributed by atoms with Crippen molar-refractivity contribution in [1.82, 2.24) is 4.90 Å². The number of hydrogen-bond donors (Lipinski definition) is 0. The Morgan fingerprint density at radius 1 is 1.26 bits per heavy atom. The fraction of sp³-hybridized carbons (Fsp3) is 0.933. The van der Waals surface area contributed by atoms with E-state index in [2.05, 4.69) is 27.5 Å². The third-order valence-electron chi connectivity index (χ3n) is 4.23. The van der Waals surface area contributed by atoms with E-state index in [4.69, 9.17) is 4.74 Å². The quantitative estimate of drug-likeness (QED) is 0.500. The molecule has 1 aliphatic heterocycles. The summed E-state index contributed by atoms with van der Waals surface area (Å²) >= 11 is 2.41. The zero-order chi connectivity index (χ0) is 14.0. The summed E-state index contributed by atoms with van der Waals surface area (Å²) < 4.78 is 6.65. The van der Waals surface area contributed by atoms with Gasteiger partial charge in [0.15, 0.2) is 0 Å². The lowest BCUT2D eigenvalue weighted by Gasteiger charge is -2.32. The highest BCUT2D eigenvalue weighted by Gasteiger charge is 2.44. The number of halogens is 1. The molecule has 0 aromatic rings. The summed E-state index contributed by atoms with van der Waals surface area (Å²) in [6.07, 6.45) is 7.44. The van der Waals surface area contributed by atoms with Gasteiger partial charge in [0.05, 0.1) is 0 Å². The Bertz CT molecular complexity index is 327. The van der Waals surface area contributed by atoms with Gasteiger partial charge < -0.3 is 9.64 Å². The summed E-state index contributed by atoms with van der Waals surface area (Å²) in [5, 5.41) is 0. The highest BCUT2D eigenvalue weighted by Crippen LogP contribution is 2.39. The molecule has 0 spiro atoms. The van der Waals surface area contributed by atoms with Crippen molar-refractivity contribution < 1.29 is 9.53 Å². The Labute approximate surface area is 130 Å². The Morgan fingerprint density at radius 2 is 1.95 bits per heavy atom. The molecule has 0 N–H and O–H groups in total. The van der Waals surface area contributed by atoms with Crippen molar-refractivity contribution in [1.29, 1.82) is 0 Å². The Kier molecular flexibility index (Phi) is 5.01. The van der Waals surface area contributed by atoms with Crippen LogP contribution in [0.2, 0.25) is 0 Å². The molecule has 2 fully saturated rings. The predicted octanol–water partition coefficient (Wildman–Crippen LogP) is 4.38. The van der Waals surface area contributed by atoms with Crippen molar-refractivity contribution in [3.8, 4) is 0 Å². The van der Waals surface area contributed by atoms with Gasteiger partial charge in [-0.1, -0.05) is 41.9 Å². The van der Waals surface area contributed by atoms with E-state index in [-0.39, 0.29) is 6.09 Å². The van der Waals surface area contributed by atoms with Crippen LogP contribution in [0.3, 0.4) is 0 Å². The first-order valence-corrected chi connectivity index (χ1v) is 9.02. The second-order valence-corrected chi connectivity index (χ2v) is 7.78. The van der Waals surface area contributed by atoms with Gasteiger partial charge in [-0.05, 0) is 46.0 Å². The molecule has 4 heteroatoms. The van der Waals surface area contributed by atoms with Crippen LogP contribution >= 0.6 is 22.6 Å². The first-order valence-electron chi connectivity index (χ1n) is 7.49. The number of carbonyl (C=O) groups excluding carboxylic acids is 1. The van der Waals surface area contributed by atoms with E-state index in [0.717, 1.165) is 10.8 Å². The molecule has 1 heterocycles. The first-order chi connectivity index (χ1) is 8.92. The average Bonchev–Trinajstić information content (AvgIpc) is 2.50. The maximum Gasteiger partial charge on any atom is 0.410 e. The van der Waals surface area contributed by atoms with Crippen LogP contribution in [0.25, 0.3) is 0 Å². The van der Waals surface area contributed by atoms with Crippen molar-refractivity contribution in [3.05, 3.63) is 0 Å². The lowest BCUT2D eigenvalue weighted by Crippen LogP contribution is -2.45. The summed E-state index contributed by atoms with van der Waals surface area (Å²) in [7, 11) is 0. The standard InChI is InChI=1S/C15H26INO2/c1-15(2,3)19-14(18)17-12(10-16)9-11-7-5-4-6-8-13(11)17/h11-13H,4-10H2,1-3H3/t11-,12?,13+/m0/s1. The second-order valence-electron chi connectivity index (χ2n) is 6.90. The van der Waals surface area contributed by atoms with E-state index < -0.39 is 5.60 Å². The van der Waals surface area contributed by atoms with Crippen LogP contribution < -0.4 is 0 Å². The van der Waals surface area contributed by atoms with Crippen LogP contribution in [-0.4, -0.2) is 33.1 Å². The van der Waals surface area contributed by atoms with E-state index in [0.29, 0.717) is 18.0 Å². The molecule has 1 saturated heterocycles. The third-order valence-corrected chi connectivity index (χ3v) is 5.24. The molecule has 1 unspecified atom stereocenters. The van der Waals surface area contributed by atoms with Gasteiger partial charge in [0, 0.05) is 16.5 Å². The number of hydrogen-bond acceptors (Lipinski definition) is 2. The van der Waals surface area contributed by atoms with E-state index in [1.165, 1.54) is 32.1 Å². The molecule has 3 nitrogen and oxygen atoms in total. The topological polar surface area (TPSA) is 29.5 Å². The number of nitrogens with zero attached hydrogens (tertiary/aromatic N) is 1. The number of amides is 1. The molecule has 0 aromatic heterocycles. The van der Waals surface area contributed by atoms with Crippen molar-refractivity contribution in [2.75, 3.05) is 4.43 Å². The Hall–Kier alpha value is 0. The monoisotopic (exact) mass is 379 g/mol. The molecule has 0 bridgehead atoms. The number of ether oxygens (including phenoxy) is 1. The van der Waals surface area contributed by atoms with Gasteiger partial charge in [0.2, 0.25) is 0 Å². The first kappa shape index (κ1) is 15.4. The molecule has 110 valence electrons. The number of likely N-dealkylation sites (tertiary alicyclic amines) is 1. The maximum absolute atomic E-state index is 12.5. The lowest BCUT2D eigenvalue weighted by molar-refractivity contribution is 0.0143. The summed E-state index contributed by atoms with van der Waals surface area (Å²) in [6.45, 7) is 5.85. The SMILES string of the molecule is CC(C)(C)OC(=O)N1C(CI)C[C@@H]2CCCCC[C@H]21. The van der Waals surface area contributed by atoms with Crippen LogP contribution in [0.5, 0.6) is 0 Å². The van der Waals surface area contributed by atoms with Gasteiger partial charge in [-0.2, -0.15) is 0 Å². The lowest BCUT2D eigenvalue weighted by atomic mass is 9.95. The van der Waals surface area contributed by atoms with E-state index in [1.807, 2.05) is 20.8 Å². The third kappa shape index (κ3) is 3.76. The van der Waals surface area contributed by atoms with Gasteiger partial charge in [-0.3, -0.25) is 0 Å². The molecule has 1 saturated carbocycles. The molecule has 0 radical (unpaired) electrons. The van der Waals surface area contributed by atoms with Crippen LogP contribution in [0.4, 0.5) is 4.79 Å². The molecule has 2 rings (SSSR count). The average molecular weight is 379 g/mol. The number of fused-ring (bicyclic) bond motifs is 1. The fourth-order valence-corrected chi connectivity index (χ4v) is 4.26.